The Labute approximate surface area is 186 Å². The van der Waals surface area contributed by atoms with Crippen LogP contribution < -0.4 is 0 Å². The molecule has 0 atom stereocenters. The summed E-state index contributed by atoms with van der Waals surface area (Å²) in [7, 11) is 0. The van der Waals surface area contributed by atoms with Crippen LogP contribution in [0.25, 0.3) is 11.8 Å². The molecule has 0 bridgehead atoms. The van der Waals surface area contributed by atoms with E-state index in [1.807, 2.05) is 37.7 Å². The Kier molecular flexibility index (Phi) is 5.31. The number of thioether (sulfide) groups is 2. The first kappa shape index (κ1) is 21.1. The number of nitrogens with zero attached hydrogens (tertiary/aromatic N) is 5. The third kappa shape index (κ3) is 3.59. The lowest BCUT2D eigenvalue weighted by atomic mass is 10.1. The minimum absolute atomic E-state index is 0.00750. The molecule has 0 spiro atoms. The lowest BCUT2D eigenvalue weighted by Crippen LogP contribution is -2.35. The first-order valence-electron chi connectivity index (χ1n) is 9.20. The maximum absolute atomic E-state index is 12.6. The maximum atomic E-state index is 12.6. The number of aliphatic imine (C=N–C) groups is 1. The van der Waals surface area contributed by atoms with Crippen LogP contribution in [0.3, 0.4) is 0 Å². The zero-order valence-electron chi connectivity index (χ0n) is 17.2. The standard InChI is InChI=1S/C20H18N6O3S2/c1-10-5-6-14(26(28)29)9-16(10)24-11(2)7-13(12(24)3)8-15-17(21)25-19(22-18(15)27)31-20(23-25)30-4/h5-9,21H,1-4H3. The number of amides is 1. The van der Waals surface area contributed by atoms with E-state index >= 15 is 0 Å². The second-order valence-electron chi connectivity index (χ2n) is 6.98. The van der Waals surface area contributed by atoms with Gasteiger partial charge in [0.1, 0.15) is 0 Å². The maximum Gasteiger partial charge on any atom is 0.283 e. The van der Waals surface area contributed by atoms with Crippen molar-refractivity contribution in [1.82, 2.24) is 9.58 Å². The number of amidine groups is 2. The molecule has 1 aromatic carbocycles. The van der Waals surface area contributed by atoms with E-state index in [0.29, 0.717) is 10.9 Å². The van der Waals surface area contributed by atoms with Gasteiger partial charge in [-0.05, 0) is 62.1 Å². The highest BCUT2D eigenvalue weighted by Gasteiger charge is 2.35. The molecule has 0 saturated carbocycles. The number of benzene rings is 1. The first-order chi connectivity index (χ1) is 14.7. The van der Waals surface area contributed by atoms with E-state index in [9.17, 15) is 14.9 Å². The summed E-state index contributed by atoms with van der Waals surface area (Å²) in [5.41, 5.74) is 4.12. The third-order valence-electron chi connectivity index (χ3n) is 5.03. The molecular weight excluding hydrogens is 436 g/mol. The Bertz CT molecular complexity index is 1260. The van der Waals surface area contributed by atoms with Gasteiger partial charge in [0.15, 0.2) is 10.2 Å². The predicted molar refractivity (Wildman–Crippen MR) is 125 cm³/mol. The number of carbonyl (C=O) groups is 1. The Morgan fingerprint density at radius 1 is 1.26 bits per heavy atom. The zero-order valence-corrected chi connectivity index (χ0v) is 18.8. The normalized spacial score (nSPS) is 17.2. The Morgan fingerprint density at radius 3 is 2.68 bits per heavy atom. The number of rotatable bonds is 3. The quantitative estimate of drug-likeness (QED) is 0.421. The van der Waals surface area contributed by atoms with Crippen LogP contribution in [0, 0.1) is 36.3 Å². The second kappa shape index (κ2) is 7.82. The van der Waals surface area contributed by atoms with Crippen molar-refractivity contribution in [1.29, 1.82) is 5.41 Å². The number of non-ortho nitro benzene ring substituents is 1. The van der Waals surface area contributed by atoms with Gasteiger partial charge in [-0.25, -0.2) is 0 Å². The smallest absolute Gasteiger partial charge is 0.283 e. The Morgan fingerprint density at radius 2 is 2.00 bits per heavy atom. The van der Waals surface area contributed by atoms with Crippen LogP contribution in [-0.2, 0) is 4.79 Å². The molecule has 0 aliphatic carbocycles. The number of hydrazone groups is 1. The van der Waals surface area contributed by atoms with E-state index in [0.717, 1.165) is 26.9 Å². The van der Waals surface area contributed by atoms with Crippen LogP contribution >= 0.6 is 23.5 Å². The molecule has 9 nitrogen and oxygen atoms in total. The summed E-state index contributed by atoms with van der Waals surface area (Å²) in [6, 6.07) is 6.62. The third-order valence-corrected chi connectivity index (χ3v) is 6.91. The van der Waals surface area contributed by atoms with Crippen molar-refractivity contribution in [3.05, 3.63) is 62.5 Å². The van der Waals surface area contributed by atoms with Crippen molar-refractivity contribution < 1.29 is 9.72 Å². The average Bonchev–Trinajstić information content (AvgIpc) is 3.26. The molecule has 158 valence electrons. The van der Waals surface area contributed by atoms with E-state index in [4.69, 9.17) is 5.41 Å². The zero-order chi connectivity index (χ0) is 22.4. The van der Waals surface area contributed by atoms with Crippen molar-refractivity contribution in [2.24, 2.45) is 10.1 Å². The molecule has 0 fully saturated rings. The Hall–Kier alpha value is -3.18. The molecule has 3 heterocycles. The molecule has 2 aliphatic heterocycles. The summed E-state index contributed by atoms with van der Waals surface area (Å²) in [6.45, 7) is 5.65. The number of carbonyl (C=O) groups excluding carboxylic acids is 1. The first-order valence-corrected chi connectivity index (χ1v) is 11.2. The van der Waals surface area contributed by atoms with E-state index in [-0.39, 0.29) is 17.1 Å². The average molecular weight is 455 g/mol. The van der Waals surface area contributed by atoms with Crippen molar-refractivity contribution >= 4 is 56.6 Å². The van der Waals surface area contributed by atoms with E-state index in [1.165, 1.54) is 40.7 Å². The molecule has 2 aromatic rings. The van der Waals surface area contributed by atoms with E-state index in [1.54, 1.807) is 12.1 Å². The van der Waals surface area contributed by atoms with Crippen LogP contribution in [-0.4, -0.2) is 42.0 Å². The predicted octanol–water partition coefficient (Wildman–Crippen LogP) is 4.25. The minimum atomic E-state index is -0.488. The SMILES string of the molecule is CSC1=NN2C(=N)C(=Cc3cc(C)n(-c4cc([N+](=O)[O-])ccc4C)c3C)C(=O)N=C2S1. The highest BCUT2D eigenvalue weighted by Crippen LogP contribution is 2.33. The van der Waals surface area contributed by atoms with Crippen LogP contribution in [0.1, 0.15) is 22.5 Å². The molecule has 1 aromatic heterocycles. The fourth-order valence-corrected chi connectivity index (χ4v) is 4.82. The molecule has 0 radical (unpaired) electrons. The topological polar surface area (TPSA) is 117 Å². The highest BCUT2D eigenvalue weighted by molar-refractivity contribution is 8.45. The lowest BCUT2D eigenvalue weighted by Gasteiger charge is -2.20. The van der Waals surface area contributed by atoms with Gasteiger partial charge >= 0.3 is 0 Å². The monoisotopic (exact) mass is 454 g/mol. The van der Waals surface area contributed by atoms with E-state index < -0.39 is 10.8 Å². The summed E-state index contributed by atoms with van der Waals surface area (Å²) in [5, 5.41) is 25.8. The van der Waals surface area contributed by atoms with Crippen molar-refractivity contribution in [2.75, 3.05) is 6.26 Å². The number of nitrogens with one attached hydrogen (secondary N) is 1. The highest BCUT2D eigenvalue weighted by atomic mass is 32.2. The van der Waals surface area contributed by atoms with Crippen molar-refractivity contribution in [3.8, 4) is 5.69 Å². The fraction of sp³-hybridized carbons (Fsp3) is 0.200. The number of hydrogen-bond donors (Lipinski definition) is 1. The van der Waals surface area contributed by atoms with Gasteiger partial charge in [0.05, 0.1) is 16.2 Å². The number of nitro benzene ring substituents is 1. The number of aryl methyl sites for hydroxylation is 2. The molecule has 1 N–H and O–H groups in total. The van der Waals surface area contributed by atoms with Gasteiger partial charge < -0.3 is 4.57 Å². The van der Waals surface area contributed by atoms with Crippen LogP contribution in [0.5, 0.6) is 0 Å². The van der Waals surface area contributed by atoms with Gasteiger partial charge in [-0.1, -0.05) is 6.07 Å². The number of nitro groups is 1. The lowest BCUT2D eigenvalue weighted by molar-refractivity contribution is -0.384. The van der Waals surface area contributed by atoms with Gasteiger partial charge in [0.25, 0.3) is 11.6 Å². The molecule has 4 rings (SSSR count). The number of aromatic nitrogens is 1. The molecule has 0 unspecified atom stereocenters. The molecule has 1 amide bonds. The largest absolute Gasteiger partial charge is 0.317 e. The molecule has 11 heteroatoms. The summed E-state index contributed by atoms with van der Waals surface area (Å²) < 4.78 is 2.63. The van der Waals surface area contributed by atoms with E-state index in [2.05, 4.69) is 10.1 Å². The second-order valence-corrected chi connectivity index (χ2v) is 8.99. The van der Waals surface area contributed by atoms with Crippen LogP contribution in [0.4, 0.5) is 5.69 Å². The van der Waals surface area contributed by atoms with Gasteiger partial charge in [-0.2, -0.15) is 10.0 Å². The van der Waals surface area contributed by atoms with Gasteiger partial charge in [-0.15, -0.1) is 16.9 Å². The summed E-state index contributed by atoms with van der Waals surface area (Å²) in [6.07, 6.45) is 3.51. The van der Waals surface area contributed by atoms with Crippen LogP contribution in [0.2, 0.25) is 0 Å². The summed E-state index contributed by atoms with van der Waals surface area (Å²) >= 11 is 2.69. The molecule has 0 saturated heterocycles. The van der Waals surface area contributed by atoms with Gasteiger partial charge in [0, 0.05) is 23.5 Å². The van der Waals surface area contributed by atoms with Gasteiger partial charge in [0.2, 0.25) is 5.17 Å². The molecular formula is C20H18N6O3S2. The number of fused-ring (bicyclic) bond motifs is 1. The van der Waals surface area contributed by atoms with Crippen molar-refractivity contribution in [3.63, 3.8) is 0 Å². The molecule has 2 aliphatic rings. The summed E-state index contributed by atoms with van der Waals surface area (Å²) in [5.74, 6) is -0.513. The minimum Gasteiger partial charge on any atom is -0.317 e. The van der Waals surface area contributed by atoms with Crippen molar-refractivity contribution in [2.45, 2.75) is 20.8 Å². The van der Waals surface area contributed by atoms with Gasteiger partial charge in [-0.3, -0.25) is 20.3 Å². The Balaban J connectivity index is 1.79. The summed E-state index contributed by atoms with van der Waals surface area (Å²) in [4.78, 5) is 27.5. The fourth-order valence-electron chi connectivity index (χ4n) is 3.47. The molecule has 31 heavy (non-hydrogen) atoms. The number of hydrogen-bond acceptors (Lipinski definition) is 7. The van der Waals surface area contributed by atoms with Crippen LogP contribution in [0.15, 0.2) is 39.9 Å².